The van der Waals surface area contributed by atoms with E-state index in [-0.39, 0.29) is 31.7 Å². The number of pyridine rings is 1. The first-order valence-electron chi connectivity index (χ1n) is 17.4. The van der Waals surface area contributed by atoms with E-state index in [0.29, 0.717) is 47.7 Å². The van der Waals surface area contributed by atoms with Crippen LogP contribution in [0.5, 0.6) is 17.2 Å². The number of methoxy groups -OCH3 is 1. The molecule has 2 amide bonds. The lowest BCUT2D eigenvalue weighted by Crippen LogP contribution is -2.43. The Bertz CT molecular complexity index is 1750. The standard InChI is InChI=1S/C40H45Cl2N3O7/c1-27-17-36(41)38(37(42)18-27)51-16-15-50-34-11-7-28(8-12-34)20-32(24-44-40(47)48)39(46)45(33-9-10-33)25-31-19-29(6-4-14-49-2)21-35(22-31)52-26-30-5-3-13-43-23-30/h3,5,7-8,11-13,17-19,21-23,32-33,44H,4,6,9-10,14-16,20,24-26H2,1-2H3,(H,47,48). The topological polar surface area (TPSA) is 119 Å². The van der Waals surface area contributed by atoms with Crippen molar-refractivity contribution in [3.8, 4) is 17.2 Å². The molecule has 1 aromatic heterocycles. The summed E-state index contributed by atoms with van der Waals surface area (Å²) in [7, 11) is 1.69. The molecule has 1 atom stereocenters. The summed E-state index contributed by atoms with van der Waals surface area (Å²) in [5.74, 6) is 1.07. The lowest BCUT2D eigenvalue weighted by Gasteiger charge is -2.28. The number of carboxylic acid groups (broad SMARTS) is 1. The van der Waals surface area contributed by atoms with E-state index >= 15 is 0 Å². The Hall–Kier alpha value is -4.51. The van der Waals surface area contributed by atoms with E-state index in [1.165, 1.54) is 0 Å². The number of hydrogen-bond acceptors (Lipinski definition) is 7. The Kier molecular flexibility index (Phi) is 14.4. The molecule has 0 bridgehead atoms. The van der Waals surface area contributed by atoms with Crippen molar-refractivity contribution in [1.29, 1.82) is 0 Å². The molecule has 0 saturated heterocycles. The molecule has 1 aliphatic rings. The largest absolute Gasteiger partial charge is 0.490 e. The van der Waals surface area contributed by atoms with Crippen LogP contribution in [0.4, 0.5) is 4.79 Å². The van der Waals surface area contributed by atoms with Crippen LogP contribution in [0.3, 0.4) is 0 Å². The van der Waals surface area contributed by atoms with Crippen molar-refractivity contribution < 1.29 is 33.6 Å². The zero-order valence-electron chi connectivity index (χ0n) is 29.5. The van der Waals surface area contributed by atoms with Crippen LogP contribution < -0.4 is 19.5 Å². The third-order valence-electron chi connectivity index (χ3n) is 8.59. The molecular weight excluding hydrogens is 705 g/mol. The molecule has 5 rings (SSSR count). The summed E-state index contributed by atoms with van der Waals surface area (Å²) in [5.41, 5.74) is 4.84. The summed E-state index contributed by atoms with van der Waals surface area (Å²) in [4.78, 5) is 31.9. The van der Waals surface area contributed by atoms with Crippen molar-refractivity contribution in [1.82, 2.24) is 15.2 Å². The van der Waals surface area contributed by atoms with Crippen LogP contribution in [0.15, 0.2) is 79.1 Å². The zero-order valence-corrected chi connectivity index (χ0v) is 31.0. The molecule has 276 valence electrons. The fraction of sp³-hybridized carbons (Fsp3) is 0.375. The van der Waals surface area contributed by atoms with E-state index in [9.17, 15) is 14.7 Å². The summed E-state index contributed by atoms with van der Waals surface area (Å²) >= 11 is 12.5. The molecule has 1 fully saturated rings. The quantitative estimate of drug-likeness (QED) is 0.0875. The molecule has 10 nitrogen and oxygen atoms in total. The van der Waals surface area contributed by atoms with Crippen LogP contribution in [0, 0.1) is 12.8 Å². The van der Waals surface area contributed by atoms with E-state index in [1.807, 2.05) is 60.4 Å². The summed E-state index contributed by atoms with van der Waals surface area (Å²) in [6.07, 6.45) is 6.15. The second kappa shape index (κ2) is 19.4. The molecule has 12 heteroatoms. The minimum atomic E-state index is -1.17. The molecule has 0 aliphatic heterocycles. The molecule has 0 spiro atoms. The fourth-order valence-electron chi connectivity index (χ4n) is 5.91. The summed E-state index contributed by atoms with van der Waals surface area (Å²) in [6, 6.07) is 21.1. The van der Waals surface area contributed by atoms with E-state index in [4.69, 9.17) is 42.1 Å². The second-order valence-corrected chi connectivity index (χ2v) is 13.7. The van der Waals surface area contributed by atoms with Crippen molar-refractivity contribution >= 4 is 35.2 Å². The van der Waals surface area contributed by atoms with Gasteiger partial charge in [-0.3, -0.25) is 9.78 Å². The van der Waals surface area contributed by atoms with Gasteiger partial charge in [0.15, 0.2) is 5.75 Å². The summed E-state index contributed by atoms with van der Waals surface area (Å²) in [6.45, 7) is 3.81. The molecule has 1 saturated carbocycles. The highest BCUT2D eigenvalue weighted by molar-refractivity contribution is 6.37. The van der Waals surface area contributed by atoms with Crippen LogP contribution in [0.2, 0.25) is 10.0 Å². The van der Waals surface area contributed by atoms with Crippen LogP contribution in [0.1, 0.15) is 47.1 Å². The maximum absolute atomic E-state index is 14.2. The number of aryl methyl sites for hydroxylation is 2. The third kappa shape index (κ3) is 12.0. The van der Waals surface area contributed by atoms with E-state index in [0.717, 1.165) is 59.3 Å². The lowest BCUT2D eigenvalue weighted by molar-refractivity contribution is -0.136. The van der Waals surface area contributed by atoms with Gasteiger partial charge in [-0.05, 0) is 104 Å². The summed E-state index contributed by atoms with van der Waals surface area (Å²) < 4.78 is 23.1. The van der Waals surface area contributed by atoms with Gasteiger partial charge in [-0.15, -0.1) is 0 Å². The van der Waals surface area contributed by atoms with E-state index in [2.05, 4.69) is 16.4 Å². The monoisotopic (exact) mass is 749 g/mol. The van der Waals surface area contributed by atoms with Gasteiger partial charge < -0.3 is 34.3 Å². The van der Waals surface area contributed by atoms with Crippen LogP contribution in [-0.2, 0) is 35.5 Å². The molecule has 1 aliphatic carbocycles. The maximum atomic E-state index is 14.2. The Morgan fingerprint density at radius 2 is 1.63 bits per heavy atom. The van der Waals surface area contributed by atoms with Crippen molar-refractivity contribution in [2.45, 2.75) is 58.2 Å². The number of carbonyl (C=O) groups excluding carboxylic acids is 1. The number of rotatable bonds is 20. The number of aromatic nitrogens is 1. The fourth-order valence-corrected chi connectivity index (χ4v) is 6.62. The lowest BCUT2D eigenvalue weighted by atomic mass is 9.97. The highest BCUT2D eigenvalue weighted by Crippen LogP contribution is 2.34. The van der Waals surface area contributed by atoms with Gasteiger partial charge in [-0.2, -0.15) is 0 Å². The smallest absolute Gasteiger partial charge is 0.404 e. The van der Waals surface area contributed by atoms with E-state index < -0.39 is 12.0 Å². The molecule has 3 aromatic carbocycles. The minimum absolute atomic E-state index is 0.00631. The average molecular weight is 751 g/mol. The number of halogens is 2. The third-order valence-corrected chi connectivity index (χ3v) is 9.15. The predicted octanol–water partition coefficient (Wildman–Crippen LogP) is 7.93. The van der Waals surface area contributed by atoms with Crippen molar-refractivity contribution in [2.75, 3.05) is 33.5 Å². The first-order chi connectivity index (χ1) is 25.2. The molecule has 0 radical (unpaired) electrons. The van der Waals surface area contributed by atoms with Gasteiger partial charge in [0, 0.05) is 50.8 Å². The Morgan fingerprint density at radius 1 is 0.904 bits per heavy atom. The number of amides is 2. The Labute approximate surface area is 315 Å². The number of ether oxygens (including phenoxy) is 4. The number of nitrogens with one attached hydrogen (secondary N) is 1. The summed E-state index contributed by atoms with van der Waals surface area (Å²) in [5, 5.41) is 12.8. The predicted molar refractivity (Wildman–Crippen MR) is 201 cm³/mol. The van der Waals surface area contributed by atoms with Crippen LogP contribution >= 0.6 is 23.2 Å². The first-order valence-corrected chi connectivity index (χ1v) is 18.1. The SMILES string of the molecule is COCCCc1cc(CN(C(=O)C(CNC(=O)O)Cc2ccc(OCCOc3c(Cl)cc(C)cc3Cl)cc2)C2CC2)cc(OCc2cccnc2)c1. The molecule has 1 unspecified atom stereocenters. The number of carbonyl (C=O) groups is 2. The number of benzene rings is 3. The highest BCUT2D eigenvalue weighted by Gasteiger charge is 2.36. The van der Waals surface area contributed by atoms with Crippen molar-refractivity contribution in [3.05, 3.63) is 117 Å². The van der Waals surface area contributed by atoms with Crippen LogP contribution in [-0.4, -0.2) is 66.5 Å². The average Bonchev–Trinajstić information content (AvgIpc) is 3.97. The minimum Gasteiger partial charge on any atom is -0.490 e. The van der Waals surface area contributed by atoms with Crippen LogP contribution in [0.25, 0.3) is 0 Å². The Balaban J connectivity index is 1.24. The maximum Gasteiger partial charge on any atom is 0.404 e. The number of hydrogen-bond donors (Lipinski definition) is 2. The van der Waals surface area contributed by atoms with Gasteiger partial charge in [-0.25, -0.2) is 4.79 Å². The van der Waals surface area contributed by atoms with Crippen molar-refractivity contribution in [3.63, 3.8) is 0 Å². The highest BCUT2D eigenvalue weighted by atomic mass is 35.5. The molecular formula is C40H45Cl2N3O7. The number of nitrogens with zero attached hydrogens (tertiary/aromatic N) is 2. The first kappa shape index (κ1) is 38.7. The van der Waals surface area contributed by atoms with Crippen molar-refractivity contribution in [2.24, 2.45) is 5.92 Å². The normalized spacial score (nSPS) is 12.9. The zero-order chi connectivity index (χ0) is 36.9. The van der Waals surface area contributed by atoms with Gasteiger partial charge in [0.2, 0.25) is 5.91 Å². The second-order valence-electron chi connectivity index (χ2n) is 12.9. The molecule has 1 heterocycles. The van der Waals surface area contributed by atoms with Gasteiger partial charge in [0.25, 0.3) is 0 Å². The van der Waals surface area contributed by atoms with Gasteiger partial charge >= 0.3 is 6.09 Å². The van der Waals surface area contributed by atoms with Gasteiger partial charge in [0.1, 0.15) is 31.3 Å². The van der Waals surface area contributed by atoms with E-state index in [1.54, 1.807) is 31.6 Å². The molecule has 4 aromatic rings. The Morgan fingerprint density at radius 3 is 2.31 bits per heavy atom. The van der Waals surface area contributed by atoms with Gasteiger partial charge in [0.05, 0.1) is 16.0 Å². The molecule has 52 heavy (non-hydrogen) atoms. The molecule has 2 N–H and O–H groups in total. The van der Waals surface area contributed by atoms with Gasteiger partial charge in [-0.1, -0.05) is 47.5 Å².